The molecule has 0 saturated carbocycles. The Morgan fingerprint density at radius 2 is 2.44 bits per heavy atom. The number of hydrogen-bond acceptors (Lipinski definition) is 4. The van der Waals surface area contributed by atoms with Crippen LogP contribution in [0.5, 0.6) is 0 Å². The van der Waals surface area contributed by atoms with Gasteiger partial charge in [0.25, 0.3) is 0 Å². The zero-order valence-electron chi connectivity index (χ0n) is 9.27. The Balaban J connectivity index is 2.31. The Hall–Kier alpha value is -1.62. The fraction of sp³-hybridized carbons (Fsp3) is 0.455. The molecule has 4 N–H and O–H groups in total. The summed E-state index contributed by atoms with van der Waals surface area (Å²) < 4.78 is 0. The highest BCUT2D eigenvalue weighted by atomic mass is 16.3. The highest BCUT2D eigenvalue weighted by Gasteiger charge is 2.32. The highest BCUT2D eigenvalue weighted by molar-refractivity contribution is 6.00. The van der Waals surface area contributed by atoms with Gasteiger partial charge in [-0.25, -0.2) is 0 Å². The number of pyridine rings is 1. The number of aromatic nitrogens is 1. The lowest BCUT2D eigenvalue weighted by atomic mass is 10.1. The first-order valence-electron chi connectivity index (χ1n) is 5.25. The lowest BCUT2D eigenvalue weighted by Gasteiger charge is -2.22. The van der Waals surface area contributed by atoms with Crippen molar-refractivity contribution in [3.8, 4) is 0 Å². The van der Waals surface area contributed by atoms with Gasteiger partial charge in [0.05, 0.1) is 17.5 Å². The van der Waals surface area contributed by atoms with E-state index in [1.165, 1.54) is 0 Å². The molecular formula is C11H16N4O. The van der Waals surface area contributed by atoms with Crippen molar-refractivity contribution in [2.75, 3.05) is 18.0 Å². The van der Waals surface area contributed by atoms with Crippen LogP contribution >= 0.6 is 0 Å². The van der Waals surface area contributed by atoms with Gasteiger partial charge in [-0.05, 0) is 19.4 Å². The molecule has 1 unspecified atom stereocenters. The van der Waals surface area contributed by atoms with Crippen molar-refractivity contribution in [2.45, 2.75) is 18.9 Å². The van der Waals surface area contributed by atoms with E-state index in [2.05, 4.69) is 4.98 Å². The number of rotatable bonds is 2. The van der Waals surface area contributed by atoms with Gasteiger partial charge in [0.15, 0.2) is 0 Å². The van der Waals surface area contributed by atoms with E-state index in [4.69, 9.17) is 11.1 Å². The van der Waals surface area contributed by atoms with Gasteiger partial charge in [-0.3, -0.25) is 10.4 Å². The van der Waals surface area contributed by atoms with E-state index in [9.17, 15) is 5.11 Å². The lowest BCUT2D eigenvalue weighted by molar-refractivity contribution is 0.0839. The molecule has 1 saturated heterocycles. The first-order chi connectivity index (χ1) is 7.49. The number of aliphatic hydroxyl groups is 1. The van der Waals surface area contributed by atoms with E-state index in [1.54, 1.807) is 18.5 Å². The second kappa shape index (κ2) is 3.75. The topological polar surface area (TPSA) is 86.2 Å². The molecule has 1 fully saturated rings. The second-order valence-corrected chi connectivity index (χ2v) is 4.47. The molecular weight excluding hydrogens is 204 g/mol. The minimum atomic E-state index is -0.663. The van der Waals surface area contributed by atoms with Crippen LogP contribution in [-0.2, 0) is 0 Å². The first kappa shape index (κ1) is 10.9. The number of amidine groups is 1. The van der Waals surface area contributed by atoms with Crippen molar-refractivity contribution in [2.24, 2.45) is 5.73 Å². The number of hydrogen-bond donors (Lipinski definition) is 3. The summed E-state index contributed by atoms with van der Waals surface area (Å²) in [5, 5.41) is 17.4. The third-order valence-electron chi connectivity index (χ3n) is 2.88. The Morgan fingerprint density at radius 3 is 3.00 bits per heavy atom. The predicted octanol–water partition coefficient (Wildman–Crippen LogP) is 0.327. The smallest absolute Gasteiger partial charge is 0.125 e. The fourth-order valence-corrected chi connectivity index (χ4v) is 2.02. The molecule has 16 heavy (non-hydrogen) atoms. The summed E-state index contributed by atoms with van der Waals surface area (Å²) in [6.45, 7) is 3.13. The first-order valence-corrected chi connectivity index (χ1v) is 5.25. The molecule has 5 heteroatoms. The van der Waals surface area contributed by atoms with Crippen LogP contribution in [0, 0.1) is 5.41 Å². The van der Waals surface area contributed by atoms with Gasteiger partial charge < -0.3 is 15.7 Å². The number of nitrogens with zero attached hydrogens (tertiary/aromatic N) is 2. The van der Waals surface area contributed by atoms with E-state index in [0.29, 0.717) is 12.1 Å². The third kappa shape index (κ3) is 1.99. The SMILES string of the molecule is CC1(O)CCN(c2cnccc2C(=N)N)C1. The number of nitrogens with two attached hydrogens (primary N) is 1. The van der Waals surface area contributed by atoms with Crippen LogP contribution in [0.1, 0.15) is 18.9 Å². The molecule has 0 aliphatic carbocycles. The van der Waals surface area contributed by atoms with Crippen molar-refractivity contribution < 1.29 is 5.11 Å². The van der Waals surface area contributed by atoms with Crippen LogP contribution in [0.4, 0.5) is 5.69 Å². The van der Waals surface area contributed by atoms with Crippen molar-refractivity contribution in [1.82, 2.24) is 4.98 Å². The molecule has 86 valence electrons. The van der Waals surface area contributed by atoms with Crippen molar-refractivity contribution in [3.63, 3.8) is 0 Å². The van der Waals surface area contributed by atoms with Crippen molar-refractivity contribution in [1.29, 1.82) is 5.41 Å². The molecule has 5 nitrogen and oxygen atoms in total. The minimum absolute atomic E-state index is 0.0314. The standard InChI is InChI=1S/C11H16N4O/c1-11(16)3-5-15(7-11)9-6-14-4-2-8(9)10(12)13/h2,4,6,16H,3,5,7H2,1H3,(H3,12,13). The average Bonchev–Trinajstić information content (AvgIpc) is 2.59. The van der Waals surface area contributed by atoms with Gasteiger partial charge >= 0.3 is 0 Å². The molecule has 0 spiro atoms. The van der Waals surface area contributed by atoms with E-state index >= 15 is 0 Å². The summed E-state index contributed by atoms with van der Waals surface area (Å²) in [6.07, 6.45) is 4.03. The summed E-state index contributed by atoms with van der Waals surface area (Å²) in [5.74, 6) is 0.0314. The van der Waals surface area contributed by atoms with E-state index in [0.717, 1.165) is 18.7 Å². The molecule has 1 atom stereocenters. The lowest BCUT2D eigenvalue weighted by Crippen LogP contribution is -2.31. The Morgan fingerprint density at radius 1 is 1.69 bits per heavy atom. The van der Waals surface area contributed by atoms with E-state index < -0.39 is 5.60 Å². The summed E-state index contributed by atoms with van der Waals surface area (Å²) in [4.78, 5) is 6.06. The zero-order valence-corrected chi connectivity index (χ0v) is 9.27. The molecule has 0 radical (unpaired) electrons. The molecule has 1 aromatic heterocycles. The largest absolute Gasteiger partial charge is 0.388 e. The summed E-state index contributed by atoms with van der Waals surface area (Å²) >= 11 is 0. The van der Waals surface area contributed by atoms with E-state index in [1.807, 2.05) is 11.8 Å². The fourth-order valence-electron chi connectivity index (χ4n) is 2.02. The highest BCUT2D eigenvalue weighted by Crippen LogP contribution is 2.28. The minimum Gasteiger partial charge on any atom is -0.388 e. The van der Waals surface area contributed by atoms with Gasteiger partial charge in [-0.2, -0.15) is 0 Å². The maximum atomic E-state index is 9.91. The van der Waals surface area contributed by atoms with Crippen LogP contribution in [0.15, 0.2) is 18.5 Å². The Kier molecular flexibility index (Phi) is 2.55. The molecule has 2 heterocycles. The van der Waals surface area contributed by atoms with Crippen LogP contribution in [0.3, 0.4) is 0 Å². The molecule has 2 rings (SSSR count). The summed E-state index contributed by atoms with van der Waals surface area (Å²) in [5.41, 5.74) is 6.35. The monoisotopic (exact) mass is 220 g/mol. The predicted molar refractivity (Wildman–Crippen MR) is 62.7 cm³/mol. The third-order valence-corrected chi connectivity index (χ3v) is 2.88. The van der Waals surface area contributed by atoms with Crippen molar-refractivity contribution in [3.05, 3.63) is 24.0 Å². The Labute approximate surface area is 94.4 Å². The van der Waals surface area contributed by atoms with Crippen molar-refractivity contribution >= 4 is 11.5 Å². The summed E-state index contributed by atoms with van der Waals surface area (Å²) in [6, 6.07) is 1.73. The Bertz CT molecular complexity index is 416. The van der Waals surface area contributed by atoms with Gasteiger partial charge in [-0.15, -0.1) is 0 Å². The molecule has 0 amide bonds. The molecule has 0 bridgehead atoms. The zero-order chi connectivity index (χ0) is 11.8. The average molecular weight is 220 g/mol. The molecule has 1 aromatic rings. The van der Waals surface area contributed by atoms with E-state index in [-0.39, 0.29) is 5.84 Å². The number of nitrogens with one attached hydrogen (secondary N) is 1. The molecule has 1 aliphatic rings. The second-order valence-electron chi connectivity index (χ2n) is 4.47. The normalized spacial score (nSPS) is 24.8. The quantitative estimate of drug-likeness (QED) is 0.495. The number of anilines is 1. The molecule has 0 aromatic carbocycles. The van der Waals surface area contributed by atoms with Crippen LogP contribution in [0.25, 0.3) is 0 Å². The summed E-state index contributed by atoms with van der Waals surface area (Å²) in [7, 11) is 0. The van der Waals surface area contributed by atoms with Crippen LogP contribution in [0.2, 0.25) is 0 Å². The van der Waals surface area contributed by atoms with Crippen LogP contribution < -0.4 is 10.6 Å². The molecule has 1 aliphatic heterocycles. The number of nitrogen functional groups attached to an aromatic ring is 1. The van der Waals surface area contributed by atoms with Gasteiger partial charge in [0.2, 0.25) is 0 Å². The van der Waals surface area contributed by atoms with Gasteiger partial charge in [0.1, 0.15) is 5.84 Å². The number of β-amino-alcohol motifs (C(OH)–C–C–N with tert-alkyl or cyclic N) is 1. The van der Waals surface area contributed by atoms with Crippen LogP contribution in [-0.4, -0.2) is 34.6 Å². The maximum Gasteiger partial charge on any atom is 0.125 e. The van der Waals surface area contributed by atoms with Gasteiger partial charge in [0, 0.05) is 24.8 Å². The van der Waals surface area contributed by atoms with Gasteiger partial charge in [-0.1, -0.05) is 0 Å². The maximum absolute atomic E-state index is 9.91.